The van der Waals surface area contributed by atoms with Gasteiger partial charge < -0.3 is 45.7 Å². The molecule has 0 bridgehead atoms. The summed E-state index contributed by atoms with van der Waals surface area (Å²) in [6.07, 6.45) is 6.49. The highest BCUT2D eigenvalue weighted by Crippen LogP contribution is 2.28. The van der Waals surface area contributed by atoms with E-state index in [0.29, 0.717) is 31.6 Å². The van der Waals surface area contributed by atoms with Crippen LogP contribution in [0.15, 0.2) is 60.7 Å². The number of esters is 1. The predicted molar refractivity (Wildman–Crippen MR) is 258 cm³/mol. The molecule has 1 aliphatic heterocycles. The van der Waals surface area contributed by atoms with Crippen molar-refractivity contribution in [2.24, 2.45) is 23.7 Å². The minimum atomic E-state index is -1.49. The summed E-state index contributed by atoms with van der Waals surface area (Å²) >= 11 is 0. The van der Waals surface area contributed by atoms with Gasteiger partial charge in [-0.05, 0) is 67.9 Å². The molecule has 4 rings (SSSR count). The third-order valence-electron chi connectivity index (χ3n) is 12.9. The zero-order valence-corrected chi connectivity index (χ0v) is 41.4. The fourth-order valence-corrected chi connectivity index (χ4v) is 8.76. The van der Waals surface area contributed by atoms with Gasteiger partial charge in [0, 0.05) is 7.05 Å². The first-order valence-corrected chi connectivity index (χ1v) is 24.8. The van der Waals surface area contributed by atoms with E-state index in [1.54, 1.807) is 45.2 Å². The summed E-state index contributed by atoms with van der Waals surface area (Å²) in [5.41, 5.74) is 1.54. The second-order valence-electron chi connectivity index (χ2n) is 19.4. The number of benzene rings is 2. The summed E-state index contributed by atoms with van der Waals surface area (Å²) in [5.74, 6) is -4.64. The van der Waals surface area contributed by atoms with E-state index in [1.165, 1.54) is 4.90 Å². The number of likely N-dealkylation sites (N-methyl/N-ethyl adjacent to an activating group) is 1. The zero-order valence-electron chi connectivity index (χ0n) is 41.4. The number of rotatable bonds is 18. The molecule has 16 heteroatoms. The molecule has 2 aromatic rings. The SMILES string of the molecule is CC(C)CCCCCC[C@H]1OC(=O)CNC(=O)[C@H]([C@H](C)OCc2ccccc2)NC(=O)[C@H](CNC(=O)OCc2ccccc2)NC(=O)[C@H](C2CCCCC2)NC(=O)[C@H](CC(C)C)N(C)C(=O)[C@@H]1C. The molecule has 2 aliphatic rings. The van der Waals surface area contributed by atoms with Crippen LogP contribution < -0.4 is 26.6 Å². The van der Waals surface area contributed by atoms with E-state index in [9.17, 15) is 33.6 Å². The second-order valence-corrected chi connectivity index (χ2v) is 19.4. The number of alkyl carbamates (subject to hydrolysis) is 1. The maximum absolute atomic E-state index is 14.7. The summed E-state index contributed by atoms with van der Waals surface area (Å²) in [7, 11) is 1.55. The quantitative estimate of drug-likeness (QED) is 0.0857. The van der Waals surface area contributed by atoms with Gasteiger partial charge in [0.1, 0.15) is 43.4 Å². The van der Waals surface area contributed by atoms with E-state index in [1.807, 2.05) is 50.2 Å². The Hall–Kier alpha value is -5.51. The smallest absolute Gasteiger partial charge is 0.407 e. The highest BCUT2D eigenvalue weighted by Gasteiger charge is 2.40. The number of unbranched alkanes of at least 4 members (excludes halogenated alkanes) is 3. The van der Waals surface area contributed by atoms with Crippen LogP contribution in [0, 0.1) is 23.7 Å². The molecule has 68 heavy (non-hydrogen) atoms. The lowest BCUT2D eigenvalue weighted by atomic mass is 9.83. The summed E-state index contributed by atoms with van der Waals surface area (Å²) in [4.78, 5) is 100. The van der Waals surface area contributed by atoms with E-state index in [2.05, 4.69) is 40.4 Å². The maximum atomic E-state index is 14.7. The number of cyclic esters (lactones) is 1. The van der Waals surface area contributed by atoms with Gasteiger partial charge in [-0.1, -0.05) is 140 Å². The van der Waals surface area contributed by atoms with Crippen LogP contribution in [0.4, 0.5) is 4.79 Å². The third kappa shape index (κ3) is 18.5. The lowest BCUT2D eigenvalue weighted by Crippen LogP contribution is -2.63. The number of nitrogens with one attached hydrogen (secondary N) is 5. The Morgan fingerprint density at radius 2 is 1.38 bits per heavy atom. The highest BCUT2D eigenvalue weighted by molar-refractivity contribution is 5.96. The van der Waals surface area contributed by atoms with Gasteiger partial charge in [-0.3, -0.25) is 28.8 Å². The molecule has 1 saturated carbocycles. The minimum Gasteiger partial charge on any atom is -0.460 e. The van der Waals surface area contributed by atoms with E-state index in [4.69, 9.17) is 14.2 Å². The minimum absolute atomic E-state index is 0.0317. The molecule has 16 nitrogen and oxygen atoms in total. The molecule has 2 fully saturated rings. The summed E-state index contributed by atoms with van der Waals surface area (Å²) in [5, 5.41) is 13.7. The first-order chi connectivity index (χ1) is 32.5. The summed E-state index contributed by atoms with van der Waals surface area (Å²) in [6.45, 7) is 10.5. The van der Waals surface area contributed by atoms with E-state index < -0.39 is 97.0 Å². The zero-order chi connectivity index (χ0) is 49.6. The van der Waals surface area contributed by atoms with Crippen molar-refractivity contribution in [3.63, 3.8) is 0 Å². The number of hydrogen-bond acceptors (Lipinski definition) is 10. The normalized spacial score (nSPS) is 23.6. The van der Waals surface area contributed by atoms with Gasteiger partial charge in [-0.2, -0.15) is 0 Å². The molecule has 1 heterocycles. The number of carbonyl (C=O) groups is 7. The fraction of sp³-hybridized carbons (Fsp3) is 0.635. The van der Waals surface area contributed by atoms with Gasteiger partial charge in [-0.15, -0.1) is 0 Å². The molecular formula is C52H78N6O10. The van der Waals surface area contributed by atoms with Crippen molar-refractivity contribution in [2.45, 2.75) is 168 Å². The van der Waals surface area contributed by atoms with Crippen molar-refractivity contribution in [1.82, 2.24) is 31.5 Å². The van der Waals surface area contributed by atoms with Gasteiger partial charge in [0.25, 0.3) is 0 Å². The Morgan fingerprint density at radius 1 is 0.750 bits per heavy atom. The van der Waals surface area contributed by atoms with Crippen LogP contribution in [-0.2, 0) is 56.2 Å². The molecule has 0 aromatic heterocycles. The van der Waals surface area contributed by atoms with Crippen LogP contribution in [0.5, 0.6) is 0 Å². The molecule has 1 saturated heterocycles. The molecule has 376 valence electrons. The Morgan fingerprint density at radius 3 is 2.01 bits per heavy atom. The highest BCUT2D eigenvalue weighted by atomic mass is 16.6. The van der Waals surface area contributed by atoms with Crippen LogP contribution >= 0.6 is 0 Å². The number of ether oxygens (including phenoxy) is 3. The van der Waals surface area contributed by atoms with Crippen molar-refractivity contribution < 1.29 is 47.8 Å². The first kappa shape index (κ1) is 55.1. The number of hydrogen-bond donors (Lipinski definition) is 5. The average molecular weight is 947 g/mol. The Kier molecular flexibility index (Phi) is 23.3. The summed E-state index contributed by atoms with van der Waals surface area (Å²) < 4.78 is 17.5. The van der Waals surface area contributed by atoms with Gasteiger partial charge in [0.05, 0.1) is 25.2 Å². The van der Waals surface area contributed by atoms with Crippen molar-refractivity contribution in [3.05, 3.63) is 71.8 Å². The standard InChI is InChI=1S/C52H78N6O10/c1-34(2)21-13-8-9-20-28-43-36(5)51(64)58(7)42(29-35(3)4)48(61)57-46(40-26-18-12-19-27-40)50(63)55-41(30-54-52(65)67-33-39-24-16-11-17-25-39)47(60)56-45(49(62)53-31-44(59)68-43)37(6)66-32-38-22-14-10-15-23-38/h10-11,14-17,22-25,34-37,40-43,45-46H,8-9,12-13,18-21,26-33H2,1-7H3,(H,53,62)(H,54,65)(H,55,63)(H,56,60)(H,57,61)/t36-,37+,41+,42+,43-,45+,46+/m1/s1. The Labute approximate surface area is 403 Å². The van der Waals surface area contributed by atoms with E-state index >= 15 is 0 Å². The molecule has 0 unspecified atom stereocenters. The van der Waals surface area contributed by atoms with Gasteiger partial charge in [0.2, 0.25) is 29.5 Å². The van der Waals surface area contributed by atoms with Crippen molar-refractivity contribution >= 4 is 41.6 Å². The molecule has 0 radical (unpaired) electrons. The molecule has 2 aromatic carbocycles. The lowest BCUT2D eigenvalue weighted by Gasteiger charge is -2.36. The first-order valence-electron chi connectivity index (χ1n) is 24.8. The Bertz CT molecular complexity index is 1910. The van der Waals surface area contributed by atoms with Crippen molar-refractivity contribution in [3.8, 4) is 0 Å². The van der Waals surface area contributed by atoms with Crippen molar-refractivity contribution in [2.75, 3.05) is 20.1 Å². The van der Waals surface area contributed by atoms with Crippen LogP contribution in [-0.4, -0.2) is 103 Å². The topological polar surface area (TPSA) is 211 Å². The molecule has 5 N–H and O–H groups in total. The van der Waals surface area contributed by atoms with Crippen molar-refractivity contribution in [1.29, 1.82) is 0 Å². The van der Waals surface area contributed by atoms with Crippen LogP contribution in [0.25, 0.3) is 0 Å². The van der Waals surface area contributed by atoms with E-state index in [-0.39, 0.29) is 31.5 Å². The number of carbonyl (C=O) groups excluding carboxylic acids is 7. The molecule has 1 aliphatic carbocycles. The third-order valence-corrected chi connectivity index (χ3v) is 12.9. The van der Waals surface area contributed by atoms with Crippen LogP contribution in [0.1, 0.15) is 130 Å². The number of nitrogens with zero attached hydrogens (tertiary/aromatic N) is 1. The summed E-state index contributed by atoms with van der Waals surface area (Å²) in [6, 6.07) is 13.2. The molecule has 0 spiro atoms. The van der Waals surface area contributed by atoms with Gasteiger partial charge >= 0.3 is 12.1 Å². The predicted octanol–water partition coefficient (Wildman–Crippen LogP) is 6.10. The van der Waals surface area contributed by atoms with E-state index in [0.717, 1.165) is 56.1 Å². The maximum Gasteiger partial charge on any atom is 0.407 e. The average Bonchev–Trinajstić information content (AvgIpc) is 3.33. The van der Waals surface area contributed by atoms with Gasteiger partial charge in [-0.25, -0.2) is 4.79 Å². The van der Waals surface area contributed by atoms with Crippen LogP contribution in [0.3, 0.4) is 0 Å². The number of amides is 6. The molecule has 6 amide bonds. The molecular weight excluding hydrogens is 869 g/mol. The Balaban J connectivity index is 1.72. The molecule has 7 atom stereocenters. The monoisotopic (exact) mass is 947 g/mol. The lowest BCUT2D eigenvalue weighted by molar-refractivity contribution is -0.158. The fourth-order valence-electron chi connectivity index (χ4n) is 8.76. The van der Waals surface area contributed by atoms with Crippen LogP contribution in [0.2, 0.25) is 0 Å². The van der Waals surface area contributed by atoms with Gasteiger partial charge in [0.15, 0.2) is 0 Å². The largest absolute Gasteiger partial charge is 0.460 e. The second kappa shape index (κ2) is 28.7.